The Bertz CT molecular complexity index is 1260. The van der Waals surface area contributed by atoms with Crippen LogP contribution in [0.4, 0.5) is 0 Å². The maximum atomic E-state index is 14.0. The van der Waals surface area contributed by atoms with Gasteiger partial charge in [0.15, 0.2) is 6.04 Å². The molecule has 4 saturated heterocycles. The number of aliphatic hydroxyl groups is 1. The van der Waals surface area contributed by atoms with Gasteiger partial charge in [0.25, 0.3) is 0 Å². The lowest BCUT2D eigenvalue weighted by Crippen LogP contribution is -2.69. The van der Waals surface area contributed by atoms with Crippen LogP contribution in [0.5, 0.6) is 0 Å². The minimum Gasteiger partial charge on any atom is -0.458 e. The van der Waals surface area contributed by atoms with Gasteiger partial charge in [-0.05, 0) is 36.3 Å². The van der Waals surface area contributed by atoms with Crippen molar-refractivity contribution in [3.05, 3.63) is 41.5 Å². The molecular formula is C30H37N3O9. The van der Waals surface area contributed by atoms with E-state index in [0.29, 0.717) is 18.1 Å². The number of esters is 1. The van der Waals surface area contributed by atoms with Gasteiger partial charge in [-0.2, -0.15) is 5.06 Å². The van der Waals surface area contributed by atoms with Crippen LogP contribution in [0.25, 0.3) is 6.08 Å². The molecule has 12 heteroatoms. The van der Waals surface area contributed by atoms with Crippen molar-refractivity contribution in [1.29, 1.82) is 0 Å². The monoisotopic (exact) mass is 583 g/mol. The van der Waals surface area contributed by atoms with E-state index in [1.165, 1.54) is 0 Å². The lowest BCUT2D eigenvalue weighted by atomic mass is 9.62. The summed E-state index contributed by atoms with van der Waals surface area (Å²) in [6, 6.07) is 6.97. The molecule has 0 spiro atoms. The average Bonchev–Trinajstić information content (AvgIpc) is 3.42. The Hall–Kier alpha value is -2.87. The predicted octanol–water partition coefficient (Wildman–Crippen LogP) is 0.424. The molecule has 6 fully saturated rings. The number of carbonyl (C=O) groups excluding carboxylic acids is 3. The van der Waals surface area contributed by atoms with Crippen LogP contribution in [0.3, 0.4) is 0 Å². The number of carbonyl (C=O) groups is 3. The number of nitrogens with zero attached hydrogens (tertiary/aromatic N) is 1. The van der Waals surface area contributed by atoms with Crippen molar-refractivity contribution < 1.29 is 43.3 Å². The summed E-state index contributed by atoms with van der Waals surface area (Å²) in [5.41, 5.74) is 0.696. The van der Waals surface area contributed by atoms with Gasteiger partial charge in [-0.3, -0.25) is 19.2 Å². The number of hydrogen-bond acceptors (Lipinski definition) is 10. The highest BCUT2D eigenvalue weighted by Crippen LogP contribution is 2.55. The molecule has 12 nitrogen and oxygen atoms in total. The van der Waals surface area contributed by atoms with Gasteiger partial charge in [0, 0.05) is 25.9 Å². The SMILES string of the molecule is O=C(CCNC(=O)[C@@]12C[C@H]3OC(=O)[C@@H]1N(Cc1ccccc1C=CC1CCC4OC4C1)O[C@@H]2[C@H]1OCO[C@H]13)NCCO. The smallest absolute Gasteiger partial charge is 0.327 e. The third-order valence-electron chi connectivity index (χ3n) is 9.54. The lowest BCUT2D eigenvalue weighted by molar-refractivity contribution is -0.201. The first-order valence-corrected chi connectivity index (χ1v) is 14.9. The van der Waals surface area contributed by atoms with E-state index in [4.69, 9.17) is 28.9 Å². The molecule has 7 rings (SSSR count). The number of hydroxylamine groups is 2. The summed E-state index contributed by atoms with van der Waals surface area (Å²) in [6.45, 7) is 0.338. The first-order valence-electron chi connectivity index (χ1n) is 14.9. The minimum absolute atomic E-state index is 0.0259. The number of fused-ring (bicyclic) bond motifs is 5. The Morgan fingerprint density at radius 1 is 1.07 bits per heavy atom. The van der Waals surface area contributed by atoms with E-state index in [9.17, 15) is 14.4 Å². The molecule has 4 aliphatic heterocycles. The molecule has 6 aliphatic rings. The fourth-order valence-electron chi connectivity index (χ4n) is 7.43. The molecule has 2 amide bonds. The van der Waals surface area contributed by atoms with E-state index in [1.807, 2.05) is 24.3 Å². The highest BCUT2D eigenvalue weighted by atomic mass is 16.8. The third kappa shape index (κ3) is 4.93. The summed E-state index contributed by atoms with van der Waals surface area (Å²) in [4.78, 5) is 46.1. The van der Waals surface area contributed by atoms with Crippen molar-refractivity contribution in [3.8, 4) is 0 Å². The topological polar surface area (TPSA) is 148 Å². The Morgan fingerprint density at radius 3 is 2.79 bits per heavy atom. The number of allylic oxidation sites excluding steroid dienone is 1. The highest BCUT2D eigenvalue weighted by molar-refractivity contribution is 5.93. The van der Waals surface area contributed by atoms with E-state index >= 15 is 0 Å². The van der Waals surface area contributed by atoms with Gasteiger partial charge in [0.05, 0.1) is 25.4 Å². The second-order valence-corrected chi connectivity index (χ2v) is 12.0. The number of epoxide rings is 1. The van der Waals surface area contributed by atoms with Crippen LogP contribution in [-0.4, -0.2) is 97.1 Å². The fraction of sp³-hybridized carbons (Fsp3) is 0.633. The van der Waals surface area contributed by atoms with Gasteiger partial charge in [-0.15, -0.1) is 0 Å². The summed E-state index contributed by atoms with van der Waals surface area (Å²) in [5.74, 6) is -0.737. The van der Waals surface area contributed by atoms with Crippen LogP contribution in [0.2, 0.25) is 0 Å². The van der Waals surface area contributed by atoms with Gasteiger partial charge in [-0.25, -0.2) is 0 Å². The Balaban J connectivity index is 1.12. The molecule has 0 radical (unpaired) electrons. The average molecular weight is 584 g/mol. The molecule has 2 bridgehead atoms. The van der Waals surface area contributed by atoms with Crippen LogP contribution in [0.15, 0.2) is 30.3 Å². The summed E-state index contributed by atoms with van der Waals surface area (Å²) in [5, 5.41) is 16.0. The van der Waals surface area contributed by atoms with Crippen LogP contribution >= 0.6 is 0 Å². The summed E-state index contributed by atoms with van der Waals surface area (Å²) in [6.07, 6.45) is 6.24. The Labute approximate surface area is 243 Å². The van der Waals surface area contributed by atoms with E-state index in [0.717, 1.165) is 30.4 Å². The Morgan fingerprint density at radius 2 is 1.93 bits per heavy atom. The molecule has 1 aromatic rings. The minimum atomic E-state index is -1.27. The molecule has 9 atom stereocenters. The van der Waals surface area contributed by atoms with Crippen LogP contribution in [0.1, 0.15) is 43.2 Å². The zero-order chi connectivity index (χ0) is 28.8. The van der Waals surface area contributed by atoms with E-state index < -0.39 is 41.8 Å². The molecule has 1 aromatic carbocycles. The van der Waals surface area contributed by atoms with Gasteiger partial charge < -0.3 is 34.7 Å². The molecule has 42 heavy (non-hydrogen) atoms. The number of amides is 2. The van der Waals surface area contributed by atoms with Crippen molar-refractivity contribution in [2.45, 2.75) is 81.3 Å². The molecule has 4 heterocycles. The molecule has 3 N–H and O–H groups in total. The third-order valence-corrected chi connectivity index (χ3v) is 9.54. The number of benzene rings is 1. The van der Waals surface area contributed by atoms with Crippen molar-refractivity contribution in [2.75, 3.05) is 26.5 Å². The van der Waals surface area contributed by atoms with Crippen LogP contribution < -0.4 is 10.6 Å². The maximum Gasteiger partial charge on any atom is 0.327 e. The highest BCUT2D eigenvalue weighted by Gasteiger charge is 2.74. The number of ether oxygens (including phenoxy) is 4. The summed E-state index contributed by atoms with van der Waals surface area (Å²) in [7, 11) is 0. The first-order chi connectivity index (χ1) is 20.5. The van der Waals surface area contributed by atoms with Crippen LogP contribution in [-0.2, 0) is 44.7 Å². The Kier molecular flexibility index (Phi) is 7.53. The zero-order valence-corrected chi connectivity index (χ0v) is 23.3. The van der Waals surface area contributed by atoms with Gasteiger partial charge in [-0.1, -0.05) is 36.4 Å². The summed E-state index contributed by atoms with van der Waals surface area (Å²) >= 11 is 0. The van der Waals surface area contributed by atoms with E-state index in [1.54, 1.807) is 5.06 Å². The van der Waals surface area contributed by atoms with Crippen LogP contribution in [0, 0.1) is 11.3 Å². The zero-order valence-electron chi connectivity index (χ0n) is 23.3. The predicted molar refractivity (Wildman–Crippen MR) is 145 cm³/mol. The maximum absolute atomic E-state index is 14.0. The number of hydrogen-bond donors (Lipinski definition) is 3. The van der Waals surface area contributed by atoms with Gasteiger partial charge in [0.1, 0.15) is 36.6 Å². The molecule has 2 saturated carbocycles. The lowest BCUT2D eigenvalue weighted by Gasteiger charge is -2.48. The second-order valence-electron chi connectivity index (χ2n) is 12.0. The first kappa shape index (κ1) is 27.9. The quantitative estimate of drug-likeness (QED) is 0.262. The molecule has 226 valence electrons. The normalized spacial score (nSPS) is 38.1. The van der Waals surface area contributed by atoms with E-state index in [2.05, 4.69) is 22.8 Å². The van der Waals surface area contributed by atoms with Crippen molar-refractivity contribution in [1.82, 2.24) is 15.7 Å². The van der Waals surface area contributed by atoms with Gasteiger partial charge >= 0.3 is 5.97 Å². The number of rotatable bonds is 10. The number of nitrogens with one attached hydrogen (secondary N) is 2. The van der Waals surface area contributed by atoms with Gasteiger partial charge in [0.2, 0.25) is 11.8 Å². The largest absolute Gasteiger partial charge is 0.458 e. The molecule has 2 aliphatic carbocycles. The van der Waals surface area contributed by atoms with Crippen molar-refractivity contribution in [3.63, 3.8) is 0 Å². The number of aliphatic hydroxyl groups excluding tert-OH is 1. The van der Waals surface area contributed by atoms with E-state index in [-0.39, 0.29) is 57.7 Å². The molecule has 3 unspecified atom stereocenters. The molecular weight excluding hydrogens is 546 g/mol. The second kappa shape index (κ2) is 11.3. The fourth-order valence-corrected chi connectivity index (χ4v) is 7.43. The summed E-state index contributed by atoms with van der Waals surface area (Å²) < 4.78 is 23.2. The van der Waals surface area contributed by atoms with Crippen molar-refractivity contribution in [2.24, 2.45) is 11.3 Å². The van der Waals surface area contributed by atoms with Crippen molar-refractivity contribution >= 4 is 23.9 Å². The molecule has 0 aromatic heterocycles. The standard InChI is InChI=1S/C30H37N3O9/c34-12-11-31-23(35)9-10-32-29(37)30-14-22-24-25(39-16-38-24)27(30)42-33(26(30)28(36)41-22)15-19-4-2-1-3-18(19)7-5-17-6-8-20-21(13-17)40-20/h1-5,7,17,20-22,24-27,34H,6,8-16H2,(H,31,35)(H,32,37)/t17?,20?,21?,22-,24+,25+,26+,27-,30+/m1/s1.